The van der Waals surface area contributed by atoms with E-state index in [4.69, 9.17) is 5.73 Å². The van der Waals surface area contributed by atoms with E-state index in [9.17, 15) is 22.8 Å². The number of likely N-dealkylation sites (tertiary alicyclic amines) is 1. The first kappa shape index (κ1) is 28.8. The number of sulfonamides is 1. The number of anilines is 1. The van der Waals surface area contributed by atoms with E-state index >= 15 is 0 Å². The lowest BCUT2D eigenvalue weighted by Crippen LogP contribution is -2.46. The molecule has 0 aromatic heterocycles. The number of piperidine rings is 1. The zero-order valence-electron chi connectivity index (χ0n) is 20.5. The molecule has 0 unspecified atom stereocenters. The van der Waals surface area contributed by atoms with E-state index in [0.717, 1.165) is 17.1 Å². The van der Waals surface area contributed by atoms with Crippen molar-refractivity contribution in [2.75, 3.05) is 23.9 Å². The third-order valence-corrected chi connectivity index (χ3v) is 7.87. The predicted octanol–water partition coefficient (Wildman–Crippen LogP) is 2.82. The van der Waals surface area contributed by atoms with Gasteiger partial charge in [-0.1, -0.05) is 36.4 Å². The highest BCUT2D eigenvalue weighted by Gasteiger charge is 2.32. The molecule has 1 fully saturated rings. The maximum atomic E-state index is 13.6. The molecular formula is C27H29ClN4O5S. The molecule has 3 aromatic carbocycles. The monoisotopic (exact) mass is 556 g/mol. The van der Waals surface area contributed by atoms with Crippen molar-refractivity contribution in [3.05, 3.63) is 96.1 Å². The summed E-state index contributed by atoms with van der Waals surface area (Å²) >= 11 is 0. The largest absolute Gasteiger partial charge is 0.343 e. The molecule has 9 nitrogen and oxygen atoms in total. The molecule has 0 radical (unpaired) electrons. The van der Waals surface area contributed by atoms with Gasteiger partial charge in [0.05, 0.1) is 17.1 Å². The Morgan fingerprint density at radius 2 is 1.39 bits per heavy atom. The second kappa shape index (κ2) is 12.7. The van der Waals surface area contributed by atoms with E-state index in [2.05, 4.69) is 5.32 Å². The van der Waals surface area contributed by atoms with Crippen LogP contribution in [-0.2, 0) is 14.8 Å². The molecule has 0 saturated carbocycles. The second-order valence-electron chi connectivity index (χ2n) is 8.70. The number of amides is 3. The van der Waals surface area contributed by atoms with E-state index in [1.54, 1.807) is 53.4 Å². The van der Waals surface area contributed by atoms with Gasteiger partial charge in [0.2, 0.25) is 5.91 Å². The highest BCUT2D eigenvalue weighted by Crippen LogP contribution is 2.26. The standard InChI is InChI=1S/C27H28N4O5S.ClH/c28-22-15-17-30(18-16-22)25(32)19-29-26(33)20-11-13-24(14-12-20)37(35,36)31(23-9-5-2-6-10-23)27(34)21-7-3-1-4-8-21;/h1-14,22H,15-19,28H2,(H,29,33);1H. The average Bonchev–Trinajstić information content (AvgIpc) is 2.93. The molecule has 0 bridgehead atoms. The number of para-hydroxylation sites is 1. The lowest BCUT2D eigenvalue weighted by atomic mass is 10.1. The van der Waals surface area contributed by atoms with Crippen LogP contribution >= 0.6 is 12.4 Å². The van der Waals surface area contributed by atoms with Crippen LogP contribution in [0.5, 0.6) is 0 Å². The van der Waals surface area contributed by atoms with Crippen LogP contribution in [0.4, 0.5) is 5.69 Å². The Balaban J connectivity index is 0.00000400. The Bertz CT molecular complexity index is 1360. The average molecular weight is 557 g/mol. The first-order valence-electron chi connectivity index (χ1n) is 11.9. The zero-order chi connectivity index (χ0) is 26.4. The topological polar surface area (TPSA) is 130 Å². The van der Waals surface area contributed by atoms with Gasteiger partial charge < -0.3 is 16.0 Å². The molecule has 3 N–H and O–H groups in total. The molecule has 3 amide bonds. The van der Waals surface area contributed by atoms with Crippen LogP contribution < -0.4 is 15.4 Å². The summed E-state index contributed by atoms with van der Waals surface area (Å²) in [4.78, 5) is 39.7. The Hall–Kier alpha value is -3.73. The van der Waals surface area contributed by atoms with E-state index < -0.39 is 21.8 Å². The van der Waals surface area contributed by atoms with Crippen LogP contribution in [0.1, 0.15) is 33.6 Å². The van der Waals surface area contributed by atoms with Crippen molar-refractivity contribution >= 4 is 45.8 Å². The van der Waals surface area contributed by atoms with Gasteiger partial charge in [0.15, 0.2) is 0 Å². The molecule has 1 saturated heterocycles. The summed E-state index contributed by atoms with van der Waals surface area (Å²) in [5, 5.41) is 2.58. The summed E-state index contributed by atoms with van der Waals surface area (Å²) in [7, 11) is -4.31. The molecule has 1 aliphatic heterocycles. The molecule has 11 heteroatoms. The second-order valence-corrected chi connectivity index (χ2v) is 10.5. The van der Waals surface area contributed by atoms with Crippen LogP contribution in [0.25, 0.3) is 0 Å². The molecule has 0 spiro atoms. The third-order valence-electron chi connectivity index (χ3n) is 6.14. The van der Waals surface area contributed by atoms with Crippen molar-refractivity contribution in [1.82, 2.24) is 10.2 Å². The Morgan fingerprint density at radius 3 is 1.97 bits per heavy atom. The van der Waals surface area contributed by atoms with Crippen molar-refractivity contribution in [1.29, 1.82) is 0 Å². The van der Waals surface area contributed by atoms with Crippen LogP contribution in [0.15, 0.2) is 89.8 Å². The summed E-state index contributed by atoms with van der Waals surface area (Å²) < 4.78 is 27.9. The van der Waals surface area contributed by atoms with E-state index in [-0.39, 0.29) is 52.6 Å². The van der Waals surface area contributed by atoms with Gasteiger partial charge in [-0.15, -0.1) is 12.4 Å². The molecule has 4 rings (SSSR count). The summed E-state index contributed by atoms with van der Waals surface area (Å²) in [5.41, 5.74) is 6.46. The highest BCUT2D eigenvalue weighted by atomic mass is 35.5. The number of hydrogen-bond acceptors (Lipinski definition) is 6. The Labute approximate surface area is 228 Å². The van der Waals surface area contributed by atoms with Gasteiger partial charge in [-0.05, 0) is 61.4 Å². The normalized spacial score (nSPS) is 13.8. The SMILES string of the molecule is Cl.NC1CCN(C(=O)CNC(=O)c2ccc(S(=O)(=O)N(C(=O)c3ccccc3)c3ccccc3)cc2)CC1. The number of carbonyl (C=O) groups excluding carboxylic acids is 3. The summed E-state index contributed by atoms with van der Waals surface area (Å²) in [6.07, 6.45) is 1.45. The van der Waals surface area contributed by atoms with Gasteiger partial charge in [-0.3, -0.25) is 14.4 Å². The fourth-order valence-electron chi connectivity index (χ4n) is 4.03. The quantitative estimate of drug-likeness (QED) is 0.460. The van der Waals surface area contributed by atoms with Gasteiger partial charge in [-0.2, -0.15) is 4.31 Å². The van der Waals surface area contributed by atoms with Crippen molar-refractivity contribution in [2.45, 2.75) is 23.8 Å². The molecule has 1 aliphatic rings. The van der Waals surface area contributed by atoms with Crippen molar-refractivity contribution in [2.24, 2.45) is 5.73 Å². The minimum absolute atomic E-state index is 0. The maximum absolute atomic E-state index is 13.6. The summed E-state index contributed by atoms with van der Waals surface area (Å²) in [6, 6.07) is 21.5. The molecular weight excluding hydrogens is 528 g/mol. The van der Waals surface area contributed by atoms with Gasteiger partial charge in [0, 0.05) is 30.3 Å². The van der Waals surface area contributed by atoms with Crippen LogP contribution in [0, 0.1) is 0 Å². The Morgan fingerprint density at radius 1 is 0.842 bits per heavy atom. The predicted molar refractivity (Wildman–Crippen MR) is 147 cm³/mol. The molecule has 0 atom stereocenters. The summed E-state index contributed by atoms with van der Waals surface area (Å²) in [5.74, 6) is -1.41. The maximum Gasteiger partial charge on any atom is 0.272 e. The van der Waals surface area contributed by atoms with E-state index in [1.165, 1.54) is 36.4 Å². The molecule has 200 valence electrons. The number of hydrogen-bond donors (Lipinski definition) is 2. The molecule has 1 heterocycles. The van der Waals surface area contributed by atoms with Gasteiger partial charge in [-0.25, -0.2) is 8.42 Å². The van der Waals surface area contributed by atoms with E-state index in [0.29, 0.717) is 13.1 Å². The third kappa shape index (κ3) is 6.58. The number of nitrogens with one attached hydrogen (secondary N) is 1. The smallest absolute Gasteiger partial charge is 0.272 e. The number of nitrogens with two attached hydrogens (primary N) is 1. The van der Waals surface area contributed by atoms with Gasteiger partial charge in [0.1, 0.15) is 0 Å². The molecule has 38 heavy (non-hydrogen) atoms. The lowest BCUT2D eigenvalue weighted by Gasteiger charge is -2.30. The van der Waals surface area contributed by atoms with Crippen molar-refractivity contribution < 1.29 is 22.8 Å². The molecule has 3 aromatic rings. The van der Waals surface area contributed by atoms with Crippen LogP contribution in [0.3, 0.4) is 0 Å². The van der Waals surface area contributed by atoms with E-state index in [1.807, 2.05) is 0 Å². The minimum Gasteiger partial charge on any atom is -0.343 e. The molecule has 0 aliphatic carbocycles. The number of nitrogens with zero attached hydrogens (tertiary/aromatic N) is 2. The van der Waals surface area contributed by atoms with Gasteiger partial charge >= 0.3 is 0 Å². The van der Waals surface area contributed by atoms with Crippen molar-refractivity contribution in [3.63, 3.8) is 0 Å². The Kier molecular flexibility index (Phi) is 9.62. The fraction of sp³-hybridized carbons (Fsp3) is 0.222. The first-order valence-corrected chi connectivity index (χ1v) is 13.3. The van der Waals surface area contributed by atoms with Crippen LogP contribution in [-0.4, -0.2) is 56.7 Å². The van der Waals surface area contributed by atoms with Crippen molar-refractivity contribution in [3.8, 4) is 0 Å². The highest BCUT2D eigenvalue weighted by molar-refractivity contribution is 7.93. The lowest BCUT2D eigenvalue weighted by molar-refractivity contribution is -0.131. The first-order chi connectivity index (χ1) is 17.8. The number of benzene rings is 3. The van der Waals surface area contributed by atoms with Crippen LogP contribution in [0.2, 0.25) is 0 Å². The number of halogens is 1. The summed E-state index contributed by atoms with van der Waals surface area (Å²) in [6.45, 7) is 0.950. The number of rotatable bonds is 7. The number of carbonyl (C=O) groups is 3. The minimum atomic E-state index is -4.31. The fourth-order valence-corrected chi connectivity index (χ4v) is 5.44. The zero-order valence-corrected chi connectivity index (χ0v) is 22.2. The van der Waals surface area contributed by atoms with Gasteiger partial charge in [0.25, 0.3) is 21.8 Å².